The Morgan fingerprint density at radius 3 is 2.21 bits per heavy atom. The van der Waals surface area contributed by atoms with Crippen molar-refractivity contribution >= 4 is 39.0 Å². The first kappa shape index (κ1) is 28.5. The van der Waals surface area contributed by atoms with E-state index in [-0.39, 0.29) is 17.4 Å². The summed E-state index contributed by atoms with van der Waals surface area (Å²) in [5.74, 6) is 0.957. The van der Waals surface area contributed by atoms with Crippen LogP contribution >= 0.6 is 11.6 Å². The standard InChI is InChI=1S/C27H27ClN2O7S/c1-34-21-14-25(35-2)22(26(15-21)36-3)10-12-38(32,33)17-18-13-23(27(37-4)30-16-18)29-11-9-24(31)19-5-7-20(28)8-6-19/h5-16,29H,17H2,1-4H3/b11-9-,12-10+. The van der Waals surface area contributed by atoms with E-state index in [1.165, 1.54) is 53.0 Å². The number of halogens is 1. The molecule has 9 nitrogen and oxygen atoms in total. The van der Waals surface area contributed by atoms with Gasteiger partial charge in [-0.05, 0) is 42.0 Å². The van der Waals surface area contributed by atoms with Gasteiger partial charge in [0.15, 0.2) is 15.6 Å². The predicted molar refractivity (Wildman–Crippen MR) is 147 cm³/mol. The highest BCUT2D eigenvalue weighted by Crippen LogP contribution is 2.35. The molecule has 0 amide bonds. The second kappa shape index (κ2) is 13.0. The molecule has 0 unspecified atom stereocenters. The fraction of sp³-hybridized carbons (Fsp3) is 0.185. The fourth-order valence-corrected chi connectivity index (χ4v) is 4.60. The summed E-state index contributed by atoms with van der Waals surface area (Å²) >= 11 is 5.86. The number of benzene rings is 2. The third-order valence-electron chi connectivity index (χ3n) is 5.27. The first-order chi connectivity index (χ1) is 18.2. The Morgan fingerprint density at radius 2 is 1.63 bits per heavy atom. The lowest BCUT2D eigenvalue weighted by molar-refractivity contribution is 0.104. The van der Waals surface area contributed by atoms with Gasteiger partial charge in [0.2, 0.25) is 5.88 Å². The normalized spacial score (nSPS) is 11.5. The quantitative estimate of drug-likeness (QED) is 0.238. The molecule has 0 saturated heterocycles. The van der Waals surface area contributed by atoms with Gasteiger partial charge in [0.1, 0.15) is 22.9 Å². The van der Waals surface area contributed by atoms with E-state index in [0.717, 1.165) is 5.41 Å². The number of ketones is 1. The number of sulfone groups is 1. The summed E-state index contributed by atoms with van der Waals surface area (Å²) in [6, 6.07) is 11.3. The lowest BCUT2D eigenvalue weighted by Crippen LogP contribution is -2.04. The van der Waals surface area contributed by atoms with E-state index in [1.54, 1.807) is 42.5 Å². The highest BCUT2D eigenvalue weighted by Gasteiger charge is 2.15. The average molecular weight is 559 g/mol. The maximum absolute atomic E-state index is 12.9. The van der Waals surface area contributed by atoms with Gasteiger partial charge in [0, 0.05) is 46.6 Å². The van der Waals surface area contributed by atoms with E-state index >= 15 is 0 Å². The monoisotopic (exact) mass is 558 g/mol. The Morgan fingerprint density at radius 1 is 0.974 bits per heavy atom. The molecule has 0 bridgehead atoms. The van der Waals surface area contributed by atoms with Gasteiger partial charge < -0.3 is 24.3 Å². The highest BCUT2D eigenvalue weighted by atomic mass is 35.5. The van der Waals surface area contributed by atoms with Crippen molar-refractivity contribution in [3.05, 3.63) is 88.1 Å². The second-order valence-electron chi connectivity index (χ2n) is 7.80. The van der Waals surface area contributed by atoms with Crippen LogP contribution in [-0.2, 0) is 15.6 Å². The summed E-state index contributed by atoms with van der Waals surface area (Å²) in [5, 5.41) is 4.54. The minimum atomic E-state index is -3.72. The van der Waals surface area contributed by atoms with Crippen molar-refractivity contribution < 1.29 is 32.2 Å². The number of methoxy groups -OCH3 is 4. The van der Waals surface area contributed by atoms with Crippen molar-refractivity contribution in [1.82, 2.24) is 4.98 Å². The van der Waals surface area contributed by atoms with Crippen molar-refractivity contribution in [3.8, 4) is 23.1 Å². The molecule has 38 heavy (non-hydrogen) atoms. The summed E-state index contributed by atoms with van der Waals surface area (Å²) in [4.78, 5) is 16.5. The van der Waals surface area contributed by atoms with E-state index in [1.807, 2.05) is 0 Å². The Balaban J connectivity index is 1.78. The first-order valence-corrected chi connectivity index (χ1v) is 13.3. The van der Waals surface area contributed by atoms with E-state index in [2.05, 4.69) is 10.3 Å². The molecule has 0 saturated carbocycles. The fourth-order valence-electron chi connectivity index (χ4n) is 3.41. The van der Waals surface area contributed by atoms with Crippen LogP contribution < -0.4 is 24.3 Å². The smallest absolute Gasteiger partial charge is 0.237 e. The van der Waals surface area contributed by atoms with Crippen molar-refractivity contribution in [2.24, 2.45) is 0 Å². The number of hydrogen-bond donors (Lipinski definition) is 1. The van der Waals surface area contributed by atoms with Crippen LogP contribution in [0.15, 0.2) is 66.3 Å². The molecule has 0 fully saturated rings. The Kier molecular flexibility index (Phi) is 9.75. The summed E-state index contributed by atoms with van der Waals surface area (Å²) < 4.78 is 47.0. The minimum absolute atomic E-state index is 0.234. The summed E-state index contributed by atoms with van der Waals surface area (Å²) in [6.45, 7) is 0. The molecule has 0 aliphatic rings. The Bertz CT molecular complexity index is 1430. The molecule has 0 spiro atoms. The van der Waals surface area contributed by atoms with Gasteiger partial charge in [-0.2, -0.15) is 0 Å². The zero-order valence-corrected chi connectivity index (χ0v) is 22.8. The number of nitrogens with one attached hydrogen (secondary N) is 1. The number of nitrogens with zero attached hydrogens (tertiary/aromatic N) is 1. The maximum atomic E-state index is 12.9. The zero-order valence-electron chi connectivity index (χ0n) is 21.2. The number of ether oxygens (including phenoxy) is 4. The molecule has 3 aromatic rings. The van der Waals surface area contributed by atoms with E-state index in [0.29, 0.717) is 44.6 Å². The Labute approximate surface area is 226 Å². The van der Waals surface area contributed by atoms with Crippen molar-refractivity contribution in [3.63, 3.8) is 0 Å². The molecule has 0 radical (unpaired) electrons. The molecule has 1 aromatic heterocycles. The molecule has 200 valence electrons. The number of anilines is 1. The highest BCUT2D eigenvalue weighted by molar-refractivity contribution is 7.93. The van der Waals surface area contributed by atoms with Gasteiger partial charge in [0.05, 0.1) is 39.8 Å². The molecular weight excluding hydrogens is 532 g/mol. The molecule has 11 heteroatoms. The maximum Gasteiger partial charge on any atom is 0.237 e. The van der Waals surface area contributed by atoms with Gasteiger partial charge >= 0.3 is 0 Å². The van der Waals surface area contributed by atoms with Gasteiger partial charge in [0.25, 0.3) is 0 Å². The van der Waals surface area contributed by atoms with Crippen LogP contribution in [0.4, 0.5) is 5.69 Å². The molecule has 2 aromatic carbocycles. The molecule has 1 N–H and O–H groups in total. The van der Waals surface area contributed by atoms with Crippen LogP contribution in [0.2, 0.25) is 5.02 Å². The van der Waals surface area contributed by atoms with Gasteiger partial charge in [-0.15, -0.1) is 0 Å². The number of carbonyl (C=O) groups is 1. The lowest BCUT2D eigenvalue weighted by atomic mass is 10.1. The summed E-state index contributed by atoms with van der Waals surface area (Å²) in [7, 11) is 2.15. The largest absolute Gasteiger partial charge is 0.496 e. The molecule has 1 heterocycles. The third-order valence-corrected chi connectivity index (χ3v) is 6.80. The van der Waals surface area contributed by atoms with Crippen LogP contribution in [0.1, 0.15) is 21.5 Å². The third kappa shape index (κ3) is 7.50. The predicted octanol–water partition coefficient (Wildman–Crippen LogP) is 5.16. The van der Waals surface area contributed by atoms with Gasteiger partial charge in [-0.1, -0.05) is 11.6 Å². The molecule has 0 aliphatic heterocycles. The van der Waals surface area contributed by atoms with Crippen LogP contribution in [0.5, 0.6) is 23.1 Å². The topological polar surface area (TPSA) is 113 Å². The number of aromatic nitrogens is 1. The zero-order chi connectivity index (χ0) is 27.7. The van der Waals surface area contributed by atoms with Crippen molar-refractivity contribution in [2.45, 2.75) is 5.75 Å². The minimum Gasteiger partial charge on any atom is -0.496 e. The number of rotatable bonds is 12. The molecule has 0 atom stereocenters. The number of pyridine rings is 1. The molecule has 0 aliphatic carbocycles. The second-order valence-corrected chi connectivity index (χ2v) is 10.1. The van der Waals surface area contributed by atoms with Crippen LogP contribution in [-0.4, -0.2) is 47.6 Å². The van der Waals surface area contributed by atoms with Crippen LogP contribution in [0, 0.1) is 0 Å². The van der Waals surface area contributed by atoms with Gasteiger partial charge in [-0.3, -0.25) is 4.79 Å². The molecule has 3 rings (SSSR count). The summed E-state index contributed by atoms with van der Waals surface area (Å²) in [5.41, 5.74) is 1.71. The first-order valence-electron chi connectivity index (χ1n) is 11.2. The van der Waals surface area contributed by atoms with E-state index < -0.39 is 9.84 Å². The molecular formula is C27H27ClN2O7S. The number of carbonyl (C=O) groups excluding carboxylic acids is 1. The van der Waals surface area contributed by atoms with Crippen LogP contribution in [0.25, 0.3) is 6.08 Å². The van der Waals surface area contributed by atoms with Crippen molar-refractivity contribution in [1.29, 1.82) is 0 Å². The van der Waals surface area contributed by atoms with Crippen LogP contribution in [0.3, 0.4) is 0 Å². The average Bonchev–Trinajstić information content (AvgIpc) is 2.91. The lowest BCUT2D eigenvalue weighted by Gasteiger charge is -2.12. The summed E-state index contributed by atoms with van der Waals surface area (Å²) in [6.07, 6.45) is 5.58. The van der Waals surface area contributed by atoms with E-state index in [4.69, 9.17) is 30.5 Å². The number of allylic oxidation sites excluding steroid dienone is 1. The SMILES string of the molecule is COc1cc(OC)c(/C=C/S(=O)(=O)Cc2cnc(OC)c(N/C=C\C(=O)c3ccc(Cl)cc3)c2)c(OC)c1. The van der Waals surface area contributed by atoms with Crippen molar-refractivity contribution in [2.75, 3.05) is 33.8 Å². The van der Waals surface area contributed by atoms with Gasteiger partial charge in [-0.25, -0.2) is 13.4 Å². The Hall–Kier alpha value is -4.02. The van der Waals surface area contributed by atoms with E-state index in [9.17, 15) is 13.2 Å². The number of hydrogen-bond acceptors (Lipinski definition) is 9.